The van der Waals surface area contributed by atoms with Crippen molar-refractivity contribution in [3.63, 3.8) is 0 Å². The van der Waals surface area contributed by atoms with Gasteiger partial charge in [0.1, 0.15) is 23.3 Å². The number of esters is 2. The first kappa shape index (κ1) is 55.7. The molecule has 3 amide bonds. The molecule has 2 aromatic heterocycles. The number of rotatable bonds is 13. The van der Waals surface area contributed by atoms with Gasteiger partial charge >= 0.3 is 24.1 Å². The summed E-state index contributed by atoms with van der Waals surface area (Å²) in [6.45, 7) is 14.3. The molecule has 2 aromatic carbocycles. The van der Waals surface area contributed by atoms with Gasteiger partial charge in [0.2, 0.25) is 0 Å². The minimum absolute atomic E-state index is 0.102. The number of hydrogen-bond acceptors (Lipinski definition) is 13. The predicted octanol–water partition coefficient (Wildman–Crippen LogP) is 9.67. The SMILES string of the molecule is CCOC(=O)[C@@H](Cc1ccc(N)cc1)NC(=O)OC(C)(C)C.CCOC(=O)[C@@H](Cc1ccc(NC(=O)c2c(Cl)cncc2Cl)cc1)NC(=O)OC(C)(C)C.O=C(Cl)c1c(Cl)cncc1Cl. The van der Waals surface area contributed by atoms with Crippen molar-refractivity contribution in [2.45, 2.75) is 91.5 Å². The number of carbonyl (C=O) groups excluding carboxylic acids is 6. The zero-order valence-electron chi connectivity index (χ0n) is 36.9. The third-order valence-electron chi connectivity index (χ3n) is 7.73. The first-order valence-corrected chi connectivity index (χ1v) is 21.6. The highest BCUT2D eigenvalue weighted by atomic mass is 35.5. The second-order valence-electron chi connectivity index (χ2n) is 15.4. The van der Waals surface area contributed by atoms with E-state index in [1.165, 1.54) is 24.8 Å². The molecule has 0 aliphatic heterocycles. The number of amides is 3. The number of benzene rings is 2. The van der Waals surface area contributed by atoms with Crippen LogP contribution in [0.15, 0.2) is 73.3 Å². The van der Waals surface area contributed by atoms with Crippen LogP contribution in [0.2, 0.25) is 20.1 Å². The van der Waals surface area contributed by atoms with Crippen LogP contribution in [0.25, 0.3) is 0 Å². The molecule has 0 saturated carbocycles. The van der Waals surface area contributed by atoms with Gasteiger partial charge in [0.05, 0.1) is 44.4 Å². The van der Waals surface area contributed by atoms with E-state index in [1.807, 2.05) is 0 Å². The molecule has 65 heavy (non-hydrogen) atoms. The molecule has 0 saturated heterocycles. The summed E-state index contributed by atoms with van der Waals surface area (Å²) < 4.78 is 20.5. The number of halogens is 5. The maximum Gasteiger partial charge on any atom is 0.408 e. The number of aromatic nitrogens is 2. The van der Waals surface area contributed by atoms with Gasteiger partial charge in [0.25, 0.3) is 11.1 Å². The zero-order valence-corrected chi connectivity index (χ0v) is 40.6. The Morgan fingerprint density at radius 1 is 0.600 bits per heavy atom. The van der Waals surface area contributed by atoms with Crippen LogP contribution in [0.1, 0.15) is 87.2 Å². The molecule has 0 unspecified atom stereocenters. The molecule has 4 rings (SSSR count). The predicted molar refractivity (Wildman–Crippen MR) is 251 cm³/mol. The molecule has 0 spiro atoms. The Hall–Kier alpha value is -5.39. The number of nitrogens with zero attached hydrogens (tertiary/aromatic N) is 2. The topological polar surface area (TPSA) is 227 Å². The lowest BCUT2D eigenvalue weighted by Gasteiger charge is -2.23. The maximum atomic E-state index is 12.5. The lowest BCUT2D eigenvalue weighted by Crippen LogP contribution is -2.45. The minimum Gasteiger partial charge on any atom is -0.464 e. The average molecular weight is 1000 g/mol. The molecule has 352 valence electrons. The van der Waals surface area contributed by atoms with Crippen LogP contribution < -0.4 is 21.7 Å². The molecule has 0 radical (unpaired) electrons. The van der Waals surface area contributed by atoms with Gasteiger partial charge in [-0.05, 0) is 102 Å². The molecule has 5 N–H and O–H groups in total. The highest BCUT2D eigenvalue weighted by Gasteiger charge is 2.27. The molecule has 4 aromatic rings. The van der Waals surface area contributed by atoms with Crippen molar-refractivity contribution in [2.24, 2.45) is 0 Å². The van der Waals surface area contributed by atoms with E-state index in [1.54, 1.807) is 104 Å². The van der Waals surface area contributed by atoms with Gasteiger partial charge < -0.3 is 40.6 Å². The van der Waals surface area contributed by atoms with Gasteiger partial charge in [-0.2, -0.15) is 0 Å². The summed E-state index contributed by atoms with van der Waals surface area (Å²) in [6.07, 6.45) is 4.39. The van der Waals surface area contributed by atoms with E-state index >= 15 is 0 Å². The number of nitrogen functional groups attached to an aromatic ring is 1. The van der Waals surface area contributed by atoms with E-state index < -0.39 is 58.6 Å². The van der Waals surface area contributed by atoms with Crippen molar-refractivity contribution < 1.29 is 47.7 Å². The number of nitrogens with one attached hydrogen (secondary N) is 3. The summed E-state index contributed by atoms with van der Waals surface area (Å²) in [4.78, 5) is 78.9. The normalized spacial score (nSPS) is 11.7. The van der Waals surface area contributed by atoms with Crippen LogP contribution in [0, 0.1) is 0 Å². The molecular formula is C44H51Cl5N6O10. The quantitative estimate of drug-likeness (QED) is 0.0424. The lowest BCUT2D eigenvalue weighted by atomic mass is 10.1. The van der Waals surface area contributed by atoms with Crippen LogP contribution in [-0.2, 0) is 41.4 Å². The standard InChI is InChI=1S/C22H25Cl2N3O5.C16H24N2O4.C6H2Cl3NO/c1-5-31-20(29)17(27-21(30)32-22(2,3)4)10-13-6-8-14(9-7-13)26-19(28)18-15(23)11-25-12-16(18)24;1-5-21-14(19)13(18-15(20)22-16(2,3)4)10-11-6-8-12(17)9-7-11;7-3-1-10-2-4(8)5(3)6(9)11/h6-9,11-12,17H,5,10H2,1-4H3,(H,26,28)(H,27,30);6-9,13H,5,10,17H2,1-4H3,(H,18,20);1-2H/t17-;13-;/m11./s1. The minimum atomic E-state index is -0.931. The smallest absolute Gasteiger partial charge is 0.408 e. The summed E-state index contributed by atoms with van der Waals surface area (Å²) in [5.74, 6) is -1.55. The molecule has 21 heteroatoms. The van der Waals surface area contributed by atoms with E-state index in [9.17, 15) is 28.8 Å². The molecule has 2 atom stereocenters. The number of anilines is 2. The van der Waals surface area contributed by atoms with Crippen LogP contribution in [0.5, 0.6) is 0 Å². The number of alkyl carbamates (subject to hydrolysis) is 2. The molecule has 0 bridgehead atoms. The number of pyridine rings is 2. The Labute approximate surface area is 402 Å². The number of nitrogens with two attached hydrogens (primary N) is 1. The third kappa shape index (κ3) is 21.0. The fourth-order valence-corrected chi connectivity index (χ4v) is 6.42. The van der Waals surface area contributed by atoms with E-state index in [0.29, 0.717) is 17.8 Å². The summed E-state index contributed by atoms with van der Waals surface area (Å²) in [7, 11) is 0. The second-order valence-corrected chi connectivity index (χ2v) is 17.4. The summed E-state index contributed by atoms with van der Waals surface area (Å²) in [5.41, 5.74) is 7.25. The van der Waals surface area contributed by atoms with Crippen molar-refractivity contribution in [1.29, 1.82) is 0 Å². The van der Waals surface area contributed by atoms with Crippen molar-refractivity contribution in [2.75, 3.05) is 24.3 Å². The number of hydrogen-bond donors (Lipinski definition) is 4. The molecule has 2 heterocycles. The summed E-state index contributed by atoms with van der Waals surface area (Å²) in [5, 5.41) is 7.73. The van der Waals surface area contributed by atoms with E-state index in [0.717, 1.165) is 11.1 Å². The van der Waals surface area contributed by atoms with Crippen molar-refractivity contribution >= 4 is 105 Å². The number of ether oxygens (including phenoxy) is 4. The zero-order chi connectivity index (χ0) is 49.1. The van der Waals surface area contributed by atoms with Gasteiger partial charge in [-0.15, -0.1) is 0 Å². The highest BCUT2D eigenvalue weighted by molar-refractivity contribution is 6.69. The van der Waals surface area contributed by atoms with Gasteiger partial charge in [0.15, 0.2) is 0 Å². The largest absolute Gasteiger partial charge is 0.464 e. The van der Waals surface area contributed by atoms with Gasteiger partial charge in [-0.1, -0.05) is 70.7 Å². The third-order valence-corrected chi connectivity index (χ3v) is 9.06. The van der Waals surface area contributed by atoms with Gasteiger partial charge in [-0.3, -0.25) is 19.6 Å². The Morgan fingerprint density at radius 3 is 1.28 bits per heavy atom. The van der Waals surface area contributed by atoms with Crippen molar-refractivity contribution in [3.8, 4) is 0 Å². The monoisotopic (exact) mass is 998 g/mol. The Morgan fingerprint density at radius 2 is 0.954 bits per heavy atom. The van der Waals surface area contributed by atoms with E-state index in [2.05, 4.69) is 25.9 Å². The summed E-state index contributed by atoms with van der Waals surface area (Å²) >= 11 is 28.4. The second kappa shape index (κ2) is 26.5. The van der Waals surface area contributed by atoms with Gasteiger partial charge in [0, 0.05) is 49.0 Å². The summed E-state index contributed by atoms with van der Waals surface area (Å²) in [6, 6.07) is 12.1. The fourth-order valence-electron chi connectivity index (χ4n) is 5.04. The lowest BCUT2D eigenvalue weighted by molar-refractivity contribution is -0.146. The molecule has 16 nitrogen and oxygen atoms in total. The van der Waals surface area contributed by atoms with Crippen LogP contribution in [0.3, 0.4) is 0 Å². The first-order chi connectivity index (χ1) is 30.3. The molecule has 0 aliphatic carbocycles. The number of carbonyl (C=O) groups is 6. The average Bonchev–Trinajstić information content (AvgIpc) is 3.18. The van der Waals surface area contributed by atoms with E-state index in [4.69, 9.17) is 82.7 Å². The van der Waals surface area contributed by atoms with Crippen LogP contribution in [0.4, 0.5) is 21.0 Å². The Kier molecular flexibility index (Phi) is 22.8. The van der Waals surface area contributed by atoms with Crippen LogP contribution in [-0.4, -0.2) is 81.7 Å². The first-order valence-electron chi connectivity index (χ1n) is 19.7. The molecule has 0 aliphatic rings. The van der Waals surface area contributed by atoms with Crippen molar-refractivity contribution in [1.82, 2.24) is 20.6 Å². The fraction of sp³-hybridized carbons (Fsp3) is 0.364. The molecule has 0 fully saturated rings. The maximum absolute atomic E-state index is 12.5. The molecular weight excluding hydrogens is 950 g/mol. The van der Waals surface area contributed by atoms with Crippen molar-refractivity contribution in [3.05, 3.63) is 116 Å². The van der Waals surface area contributed by atoms with Gasteiger partial charge in [-0.25, -0.2) is 19.2 Å². The van der Waals surface area contributed by atoms with Crippen LogP contribution >= 0.6 is 58.0 Å². The highest BCUT2D eigenvalue weighted by Crippen LogP contribution is 2.25. The Bertz CT molecular complexity index is 2210. The van der Waals surface area contributed by atoms with E-state index in [-0.39, 0.29) is 50.9 Å². The Balaban J connectivity index is 0.000000377.